The summed E-state index contributed by atoms with van der Waals surface area (Å²) in [5.74, 6) is 0.235. The van der Waals surface area contributed by atoms with Gasteiger partial charge in [0.2, 0.25) is 5.91 Å². The van der Waals surface area contributed by atoms with Gasteiger partial charge in [0.25, 0.3) is 6.43 Å². The molecule has 1 atom stereocenters. The number of likely N-dealkylation sites (tertiary alicyclic amines) is 1. The number of nitrogens with one attached hydrogen (secondary N) is 1. The highest BCUT2D eigenvalue weighted by Crippen LogP contribution is 2.35. The number of aromatic nitrogens is 5. The first-order valence-electron chi connectivity index (χ1n) is 11.8. The highest BCUT2D eigenvalue weighted by molar-refractivity contribution is 5.90. The zero-order valence-corrected chi connectivity index (χ0v) is 20.2. The molecule has 11 heteroatoms. The monoisotopic (exact) mass is 497 g/mol. The van der Waals surface area contributed by atoms with E-state index in [0.717, 1.165) is 24.5 Å². The summed E-state index contributed by atoms with van der Waals surface area (Å²) in [6, 6.07) is 5.34. The lowest BCUT2D eigenvalue weighted by molar-refractivity contribution is -0.129. The number of fused-ring (bicyclic) bond motifs is 3. The Morgan fingerprint density at radius 3 is 2.56 bits per heavy atom. The molecule has 0 aliphatic carbocycles. The van der Waals surface area contributed by atoms with Crippen molar-refractivity contribution in [3.8, 4) is 0 Å². The van der Waals surface area contributed by atoms with Crippen LogP contribution in [0.25, 0.3) is 16.7 Å². The van der Waals surface area contributed by atoms with Crippen LogP contribution in [0.1, 0.15) is 67.6 Å². The van der Waals surface area contributed by atoms with Crippen LogP contribution >= 0.6 is 0 Å². The third kappa shape index (κ3) is 4.22. The Bertz CT molecular complexity index is 1450. The number of rotatable bonds is 5. The van der Waals surface area contributed by atoms with E-state index in [4.69, 9.17) is 0 Å². The van der Waals surface area contributed by atoms with Crippen molar-refractivity contribution >= 4 is 28.4 Å². The molecule has 1 saturated heterocycles. The summed E-state index contributed by atoms with van der Waals surface area (Å²) in [7, 11) is 0. The Balaban J connectivity index is 1.57. The molecule has 0 radical (unpaired) electrons. The lowest BCUT2D eigenvalue weighted by Gasteiger charge is -2.31. The van der Waals surface area contributed by atoms with Gasteiger partial charge in [-0.05, 0) is 38.7 Å². The number of halogens is 3. The van der Waals surface area contributed by atoms with Crippen molar-refractivity contribution in [2.75, 3.05) is 18.4 Å². The summed E-state index contributed by atoms with van der Waals surface area (Å²) in [5.41, 5.74) is 1.74. The molecule has 0 bridgehead atoms. The van der Waals surface area contributed by atoms with Crippen LogP contribution in [0, 0.1) is 12.7 Å². The van der Waals surface area contributed by atoms with Gasteiger partial charge in [-0.15, -0.1) is 10.2 Å². The molecule has 0 saturated carbocycles. The number of amides is 1. The second kappa shape index (κ2) is 9.36. The van der Waals surface area contributed by atoms with Crippen LogP contribution in [-0.2, 0) is 4.79 Å². The Labute approximate surface area is 205 Å². The second-order valence-corrected chi connectivity index (χ2v) is 9.18. The lowest BCUT2D eigenvalue weighted by atomic mass is 9.89. The number of anilines is 1. The number of benzene rings is 1. The zero-order chi connectivity index (χ0) is 25.6. The van der Waals surface area contributed by atoms with Crippen LogP contribution < -0.4 is 5.32 Å². The van der Waals surface area contributed by atoms with Gasteiger partial charge in [-0.2, -0.15) is 0 Å². The molecule has 1 aliphatic heterocycles. The van der Waals surface area contributed by atoms with E-state index in [1.165, 1.54) is 12.1 Å². The molecule has 0 spiro atoms. The summed E-state index contributed by atoms with van der Waals surface area (Å²) in [5, 5.41) is 12.3. The molecule has 4 heterocycles. The van der Waals surface area contributed by atoms with Crippen LogP contribution in [0.2, 0.25) is 0 Å². The van der Waals surface area contributed by atoms with E-state index in [1.807, 2.05) is 15.4 Å². The first kappa shape index (κ1) is 24.0. The quantitative estimate of drug-likeness (QED) is 0.420. The van der Waals surface area contributed by atoms with E-state index in [9.17, 15) is 18.0 Å². The van der Waals surface area contributed by atoms with Crippen LogP contribution in [0.15, 0.2) is 30.6 Å². The van der Waals surface area contributed by atoms with Crippen LogP contribution in [0.3, 0.4) is 0 Å². The fourth-order valence-electron chi connectivity index (χ4n) is 4.96. The van der Waals surface area contributed by atoms with Crippen LogP contribution in [0.5, 0.6) is 0 Å². The molecule has 4 aromatic rings. The number of hydrogen-bond donors (Lipinski definition) is 1. The Kier molecular flexibility index (Phi) is 6.23. The lowest BCUT2D eigenvalue weighted by Crippen LogP contribution is -2.36. The fraction of sp³-hybridized carbons (Fsp3) is 0.400. The third-order valence-electron chi connectivity index (χ3n) is 6.86. The second-order valence-electron chi connectivity index (χ2n) is 9.18. The highest BCUT2D eigenvalue weighted by Gasteiger charge is 2.27. The number of nitrogens with zero attached hydrogens (tertiary/aromatic N) is 6. The minimum absolute atomic E-state index is 0.0621. The fourth-order valence-corrected chi connectivity index (χ4v) is 4.96. The van der Waals surface area contributed by atoms with Gasteiger partial charge >= 0.3 is 0 Å². The van der Waals surface area contributed by atoms with Crippen LogP contribution in [-0.4, -0.2) is 48.5 Å². The number of hydrogen-bond acceptors (Lipinski definition) is 6. The van der Waals surface area contributed by atoms with Crippen molar-refractivity contribution in [3.63, 3.8) is 0 Å². The highest BCUT2D eigenvalue weighted by atomic mass is 19.3. The molecule has 188 valence electrons. The standard InChI is InChI=1S/C25H26F3N7O/c1-13(17-5-4-6-18(21(17)26)22(27)28)30-23-20-11-19(16-7-9-34(10-8-16)15(3)36)25-33-29-12-35(25)24(20)32-14(2)31-23/h4-6,11-13,16,22H,7-10H2,1-3H3,(H,30,31,32)/t13-/m1/s1. The predicted octanol–water partition coefficient (Wildman–Crippen LogP) is 4.96. The molecular weight excluding hydrogens is 471 g/mol. The average Bonchev–Trinajstić information content (AvgIpc) is 3.34. The van der Waals surface area contributed by atoms with Crippen LogP contribution in [0.4, 0.5) is 19.0 Å². The van der Waals surface area contributed by atoms with Gasteiger partial charge in [0.15, 0.2) is 11.3 Å². The normalized spacial score (nSPS) is 15.7. The summed E-state index contributed by atoms with van der Waals surface area (Å²) in [4.78, 5) is 22.8. The van der Waals surface area contributed by atoms with Crippen molar-refractivity contribution in [1.82, 2.24) is 29.5 Å². The summed E-state index contributed by atoms with van der Waals surface area (Å²) < 4.78 is 43.1. The molecular formula is C25H26F3N7O. The van der Waals surface area contributed by atoms with E-state index in [2.05, 4.69) is 25.5 Å². The van der Waals surface area contributed by atoms with Gasteiger partial charge in [-0.25, -0.2) is 23.1 Å². The van der Waals surface area contributed by atoms with E-state index < -0.39 is 23.8 Å². The first-order valence-corrected chi connectivity index (χ1v) is 11.8. The topological polar surface area (TPSA) is 88.3 Å². The molecule has 36 heavy (non-hydrogen) atoms. The Hall–Kier alpha value is -3.76. The molecule has 8 nitrogen and oxygen atoms in total. The molecule has 1 aromatic carbocycles. The van der Waals surface area contributed by atoms with Crippen molar-refractivity contribution in [2.45, 2.75) is 52.0 Å². The maximum atomic E-state index is 14.8. The number of aryl methyl sites for hydroxylation is 1. The maximum Gasteiger partial charge on any atom is 0.266 e. The minimum atomic E-state index is -2.90. The summed E-state index contributed by atoms with van der Waals surface area (Å²) >= 11 is 0. The van der Waals surface area contributed by atoms with E-state index in [0.29, 0.717) is 41.4 Å². The molecule has 3 aromatic heterocycles. The van der Waals surface area contributed by atoms with Gasteiger partial charge in [-0.3, -0.25) is 9.20 Å². The van der Waals surface area contributed by atoms with Gasteiger partial charge in [0, 0.05) is 31.1 Å². The van der Waals surface area contributed by atoms with Crippen molar-refractivity contribution in [2.24, 2.45) is 0 Å². The van der Waals surface area contributed by atoms with Crippen molar-refractivity contribution < 1.29 is 18.0 Å². The predicted molar refractivity (Wildman–Crippen MR) is 128 cm³/mol. The Morgan fingerprint density at radius 2 is 1.86 bits per heavy atom. The maximum absolute atomic E-state index is 14.8. The number of alkyl halides is 2. The molecule has 1 aliphatic rings. The molecule has 5 rings (SSSR count). The first-order chi connectivity index (χ1) is 17.2. The molecule has 1 fully saturated rings. The third-order valence-corrected chi connectivity index (χ3v) is 6.86. The van der Waals surface area contributed by atoms with Gasteiger partial charge in [0.1, 0.15) is 23.8 Å². The number of piperidine rings is 1. The smallest absolute Gasteiger partial charge is 0.266 e. The van der Waals surface area contributed by atoms with E-state index >= 15 is 0 Å². The number of pyridine rings is 1. The zero-order valence-electron chi connectivity index (χ0n) is 20.2. The Morgan fingerprint density at radius 1 is 1.14 bits per heavy atom. The number of carbonyl (C=O) groups is 1. The molecule has 1 N–H and O–H groups in total. The largest absolute Gasteiger partial charge is 0.363 e. The van der Waals surface area contributed by atoms with Crippen molar-refractivity contribution in [3.05, 3.63) is 58.9 Å². The molecule has 1 amide bonds. The van der Waals surface area contributed by atoms with E-state index in [-0.39, 0.29) is 17.4 Å². The van der Waals surface area contributed by atoms with Gasteiger partial charge in [0.05, 0.1) is 17.0 Å². The van der Waals surface area contributed by atoms with E-state index in [1.54, 1.807) is 27.1 Å². The molecule has 0 unspecified atom stereocenters. The van der Waals surface area contributed by atoms with Gasteiger partial charge in [-0.1, -0.05) is 18.2 Å². The summed E-state index contributed by atoms with van der Waals surface area (Å²) in [6.07, 6.45) is 0.256. The number of carbonyl (C=O) groups excluding carboxylic acids is 1. The SMILES string of the molecule is CC(=O)N1CCC(c2cc3c(N[C@H](C)c4cccc(C(F)F)c4F)nc(C)nc3n3cnnc23)CC1. The van der Waals surface area contributed by atoms with Gasteiger partial charge < -0.3 is 10.2 Å². The van der Waals surface area contributed by atoms with Crippen molar-refractivity contribution in [1.29, 1.82) is 0 Å². The summed E-state index contributed by atoms with van der Waals surface area (Å²) in [6.45, 7) is 6.34. The average molecular weight is 498 g/mol. The minimum Gasteiger partial charge on any atom is -0.363 e.